The summed E-state index contributed by atoms with van der Waals surface area (Å²) in [6.45, 7) is 5.62. The Hall–Kier alpha value is -1.60. The number of aryl methyl sites for hydroxylation is 3. The molecule has 0 heterocycles. The van der Waals surface area contributed by atoms with Crippen molar-refractivity contribution in [2.45, 2.75) is 45.9 Å². The number of anilines is 1. The number of carbonyl (C=O) groups excluding carboxylic acids is 1. The molecule has 0 aromatic heterocycles. The molecule has 1 rings (SSSR count). The van der Waals surface area contributed by atoms with E-state index in [4.69, 9.17) is 5.11 Å². The Morgan fingerprint density at radius 3 is 2.29 bits per heavy atom. The first-order valence-corrected chi connectivity index (χ1v) is 7.81. The van der Waals surface area contributed by atoms with Gasteiger partial charge in [0.1, 0.15) is 0 Å². The van der Waals surface area contributed by atoms with Gasteiger partial charge in [0.25, 0.3) is 0 Å². The van der Waals surface area contributed by atoms with Crippen molar-refractivity contribution in [2.75, 3.05) is 25.5 Å². The Morgan fingerprint density at radius 1 is 1.25 bits per heavy atom. The lowest BCUT2D eigenvalue weighted by Gasteiger charge is -2.22. The largest absolute Gasteiger partial charge is 0.415 e. The molecule has 0 fully saturated rings. The van der Waals surface area contributed by atoms with E-state index in [1.807, 2.05) is 32.9 Å². The first-order valence-electron chi connectivity index (χ1n) is 7.81. The second-order valence-electron chi connectivity index (χ2n) is 6.25. The van der Waals surface area contributed by atoms with Gasteiger partial charge < -0.3 is 15.3 Å². The minimum atomic E-state index is -4.62. The monoisotopic (exact) mass is 346 g/mol. The zero-order chi connectivity index (χ0) is 18.5. The Labute approximate surface area is 140 Å². The number of amides is 1. The number of likely N-dealkylation sites (N-methyl/N-ethyl adjacent to an activating group) is 1. The predicted molar refractivity (Wildman–Crippen MR) is 88.1 cm³/mol. The average Bonchev–Trinajstić information content (AvgIpc) is 2.41. The number of carbonyl (C=O) groups is 1. The van der Waals surface area contributed by atoms with Crippen LogP contribution in [0.2, 0.25) is 0 Å². The van der Waals surface area contributed by atoms with Crippen molar-refractivity contribution < 1.29 is 23.1 Å². The normalized spacial score (nSPS) is 13.2. The molecule has 0 radical (unpaired) electrons. The summed E-state index contributed by atoms with van der Waals surface area (Å²) in [6, 6.07) is 3.96. The SMILES string of the molecule is Cc1cc(C)c(NC(=O)CCCN(C)CC(O)C(F)(F)F)c(C)c1. The summed E-state index contributed by atoms with van der Waals surface area (Å²) in [5.74, 6) is -0.171. The van der Waals surface area contributed by atoms with Crippen LogP contribution in [0, 0.1) is 20.8 Å². The maximum Gasteiger partial charge on any atom is 0.415 e. The first kappa shape index (κ1) is 20.4. The van der Waals surface area contributed by atoms with Gasteiger partial charge in [-0.25, -0.2) is 0 Å². The Bertz CT molecular complexity index is 550. The minimum absolute atomic E-state index is 0.171. The van der Waals surface area contributed by atoms with E-state index in [1.54, 1.807) is 0 Å². The second-order valence-corrected chi connectivity index (χ2v) is 6.25. The van der Waals surface area contributed by atoms with Gasteiger partial charge in [-0.05, 0) is 51.9 Å². The van der Waals surface area contributed by atoms with Crippen molar-refractivity contribution in [1.29, 1.82) is 0 Å². The molecule has 0 spiro atoms. The fraction of sp³-hybridized carbons (Fsp3) is 0.588. The summed E-state index contributed by atoms with van der Waals surface area (Å²) in [7, 11) is 1.49. The van der Waals surface area contributed by atoms with E-state index in [2.05, 4.69) is 5.32 Å². The van der Waals surface area contributed by atoms with Crippen LogP contribution in [-0.4, -0.2) is 48.3 Å². The third-order valence-electron chi connectivity index (χ3n) is 3.75. The standard InChI is InChI=1S/C17H25F3N2O2/c1-11-8-12(2)16(13(3)9-11)21-15(24)6-5-7-22(4)10-14(23)17(18,19)20/h8-9,14,23H,5-7,10H2,1-4H3,(H,21,24). The van der Waals surface area contributed by atoms with Gasteiger partial charge >= 0.3 is 6.18 Å². The second kappa shape index (κ2) is 8.48. The lowest BCUT2D eigenvalue weighted by Crippen LogP contribution is -2.39. The summed E-state index contributed by atoms with van der Waals surface area (Å²) in [5.41, 5.74) is 3.86. The van der Waals surface area contributed by atoms with Gasteiger partial charge in [-0.3, -0.25) is 4.79 Å². The van der Waals surface area contributed by atoms with Crippen molar-refractivity contribution in [3.63, 3.8) is 0 Å². The minimum Gasteiger partial charge on any atom is -0.382 e. The first-order chi connectivity index (χ1) is 11.0. The molecule has 0 aliphatic carbocycles. The van der Waals surface area contributed by atoms with E-state index < -0.39 is 18.8 Å². The zero-order valence-corrected chi connectivity index (χ0v) is 14.5. The Morgan fingerprint density at radius 2 is 1.79 bits per heavy atom. The molecule has 24 heavy (non-hydrogen) atoms. The van der Waals surface area contributed by atoms with Gasteiger partial charge in [-0.2, -0.15) is 13.2 Å². The number of nitrogens with zero attached hydrogens (tertiary/aromatic N) is 1. The molecule has 7 heteroatoms. The maximum absolute atomic E-state index is 12.3. The van der Waals surface area contributed by atoms with Crippen LogP contribution < -0.4 is 5.32 Å². The van der Waals surface area contributed by atoms with Crippen LogP contribution in [0.15, 0.2) is 12.1 Å². The quantitative estimate of drug-likeness (QED) is 0.797. The molecule has 1 amide bonds. The molecule has 1 unspecified atom stereocenters. The molecule has 2 N–H and O–H groups in total. The highest BCUT2D eigenvalue weighted by molar-refractivity contribution is 5.92. The van der Waals surface area contributed by atoms with Gasteiger partial charge in [-0.1, -0.05) is 17.7 Å². The smallest absolute Gasteiger partial charge is 0.382 e. The van der Waals surface area contributed by atoms with E-state index in [0.717, 1.165) is 22.4 Å². The number of aliphatic hydroxyl groups is 1. The van der Waals surface area contributed by atoms with Gasteiger partial charge in [0.15, 0.2) is 6.10 Å². The number of hydrogen-bond acceptors (Lipinski definition) is 3. The molecular weight excluding hydrogens is 321 g/mol. The van der Waals surface area contributed by atoms with E-state index in [9.17, 15) is 18.0 Å². The third-order valence-corrected chi connectivity index (χ3v) is 3.75. The number of hydrogen-bond donors (Lipinski definition) is 2. The van der Waals surface area contributed by atoms with Crippen LogP contribution in [0.25, 0.3) is 0 Å². The molecule has 0 saturated heterocycles. The summed E-state index contributed by atoms with van der Waals surface area (Å²) < 4.78 is 36.8. The lowest BCUT2D eigenvalue weighted by molar-refractivity contribution is -0.207. The van der Waals surface area contributed by atoms with E-state index in [0.29, 0.717) is 13.0 Å². The Kier molecular flexibility index (Phi) is 7.23. The average molecular weight is 346 g/mol. The fourth-order valence-corrected chi connectivity index (χ4v) is 2.58. The van der Waals surface area contributed by atoms with E-state index in [1.165, 1.54) is 11.9 Å². The van der Waals surface area contributed by atoms with Gasteiger partial charge in [0, 0.05) is 18.7 Å². The van der Waals surface area contributed by atoms with Gasteiger partial charge in [0.2, 0.25) is 5.91 Å². The number of nitrogens with one attached hydrogen (secondary N) is 1. The van der Waals surface area contributed by atoms with Crippen molar-refractivity contribution in [1.82, 2.24) is 4.90 Å². The van der Waals surface area contributed by atoms with Crippen molar-refractivity contribution in [3.05, 3.63) is 28.8 Å². The highest BCUT2D eigenvalue weighted by atomic mass is 19.4. The molecule has 136 valence electrons. The van der Waals surface area contributed by atoms with Crippen molar-refractivity contribution >= 4 is 11.6 Å². The fourth-order valence-electron chi connectivity index (χ4n) is 2.58. The van der Waals surface area contributed by atoms with Gasteiger partial charge in [-0.15, -0.1) is 0 Å². The molecule has 0 bridgehead atoms. The molecular formula is C17H25F3N2O2. The lowest BCUT2D eigenvalue weighted by atomic mass is 10.0. The number of alkyl halides is 3. The van der Waals surface area contributed by atoms with Crippen molar-refractivity contribution in [3.8, 4) is 0 Å². The molecule has 0 aliphatic heterocycles. The molecule has 1 aromatic carbocycles. The van der Waals surface area contributed by atoms with Crippen LogP contribution in [0.3, 0.4) is 0 Å². The number of rotatable bonds is 7. The number of halogens is 3. The summed E-state index contributed by atoms with van der Waals surface area (Å²) in [4.78, 5) is 13.4. The predicted octanol–water partition coefficient (Wildman–Crippen LogP) is 3.19. The number of benzene rings is 1. The zero-order valence-electron chi connectivity index (χ0n) is 14.5. The van der Waals surface area contributed by atoms with Crippen LogP contribution in [0.4, 0.5) is 18.9 Å². The van der Waals surface area contributed by atoms with E-state index in [-0.39, 0.29) is 12.3 Å². The van der Waals surface area contributed by atoms with Crippen LogP contribution in [0.1, 0.15) is 29.5 Å². The molecule has 0 saturated carbocycles. The van der Waals surface area contributed by atoms with Crippen LogP contribution in [0.5, 0.6) is 0 Å². The highest BCUT2D eigenvalue weighted by Crippen LogP contribution is 2.22. The number of aliphatic hydroxyl groups excluding tert-OH is 1. The molecule has 1 atom stereocenters. The molecule has 0 aliphatic rings. The third kappa shape index (κ3) is 6.49. The highest BCUT2D eigenvalue weighted by Gasteiger charge is 2.38. The Balaban J connectivity index is 2.42. The van der Waals surface area contributed by atoms with Crippen LogP contribution >= 0.6 is 0 Å². The molecule has 4 nitrogen and oxygen atoms in total. The summed E-state index contributed by atoms with van der Waals surface area (Å²) >= 11 is 0. The summed E-state index contributed by atoms with van der Waals surface area (Å²) in [5, 5.41) is 11.9. The molecule has 1 aromatic rings. The van der Waals surface area contributed by atoms with Crippen molar-refractivity contribution in [2.24, 2.45) is 0 Å². The van der Waals surface area contributed by atoms with E-state index >= 15 is 0 Å². The topological polar surface area (TPSA) is 52.6 Å². The van der Waals surface area contributed by atoms with Gasteiger partial charge in [0.05, 0.1) is 0 Å². The summed E-state index contributed by atoms with van der Waals surface area (Å²) in [6.07, 6.45) is -6.36. The van der Waals surface area contributed by atoms with Crippen LogP contribution in [-0.2, 0) is 4.79 Å². The maximum atomic E-state index is 12.3.